The molecule has 0 heterocycles. The van der Waals surface area contributed by atoms with Gasteiger partial charge in [-0.1, -0.05) is 13.8 Å². The Balaban J connectivity index is 2.69. The Morgan fingerprint density at radius 3 is 2.67 bits per heavy atom. The van der Waals surface area contributed by atoms with Crippen LogP contribution in [0.1, 0.15) is 24.2 Å². The van der Waals surface area contributed by atoms with Gasteiger partial charge in [0, 0.05) is 23.9 Å². The number of nitrogens with two attached hydrogens (primary N) is 1. The topological polar surface area (TPSA) is 84.6 Å². The SMILES string of the molecule is COc1cc(N)cc(C(=O)NCC(O)C(C)C)c1. The van der Waals surface area contributed by atoms with E-state index in [0.717, 1.165) is 0 Å². The van der Waals surface area contributed by atoms with Gasteiger partial charge in [0.1, 0.15) is 5.75 Å². The number of benzene rings is 1. The molecule has 0 saturated carbocycles. The first-order valence-corrected chi connectivity index (χ1v) is 5.85. The third kappa shape index (κ3) is 3.92. The number of nitrogen functional groups attached to an aromatic ring is 1. The fourth-order valence-electron chi connectivity index (χ4n) is 1.41. The second-order valence-electron chi connectivity index (χ2n) is 4.52. The van der Waals surface area contributed by atoms with Gasteiger partial charge in [-0.05, 0) is 18.1 Å². The molecule has 0 aliphatic rings. The Hall–Kier alpha value is -1.75. The van der Waals surface area contributed by atoms with Crippen LogP contribution in [0.25, 0.3) is 0 Å². The lowest BCUT2D eigenvalue weighted by atomic mass is 10.1. The molecule has 1 aromatic carbocycles. The van der Waals surface area contributed by atoms with Gasteiger partial charge < -0.3 is 20.9 Å². The quantitative estimate of drug-likeness (QED) is 0.683. The number of ether oxygens (including phenoxy) is 1. The summed E-state index contributed by atoms with van der Waals surface area (Å²) >= 11 is 0. The van der Waals surface area contributed by atoms with Gasteiger partial charge >= 0.3 is 0 Å². The van der Waals surface area contributed by atoms with Crippen molar-refractivity contribution in [3.05, 3.63) is 23.8 Å². The Bertz CT molecular complexity index is 419. The maximum Gasteiger partial charge on any atom is 0.251 e. The van der Waals surface area contributed by atoms with Crippen LogP contribution in [0.15, 0.2) is 18.2 Å². The fraction of sp³-hybridized carbons (Fsp3) is 0.462. The molecule has 1 aromatic rings. The van der Waals surface area contributed by atoms with Crippen molar-refractivity contribution in [3.63, 3.8) is 0 Å². The van der Waals surface area contributed by atoms with Gasteiger partial charge in [0.15, 0.2) is 0 Å². The van der Waals surface area contributed by atoms with E-state index in [9.17, 15) is 9.90 Å². The van der Waals surface area contributed by atoms with Crippen LogP contribution in [0, 0.1) is 5.92 Å². The molecule has 0 radical (unpaired) electrons. The van der Waals surface area contributed by atoms with E-state index in [-0.39, 0.29) is 18.4 Å². The van der Waals surface area contributed by atoms with Crippen LogP contribution in [0.2, 0.25) is 0 Å². The van der Waals surface area contributed by atoms with Crippen molar-refractivity contribution in [3.8, 4) is 5.75 Å². The molecule has 0 spiro atoms. The van der Waals surface area contributed by atoms with Gasteiger partial charge in [-0.3, -0.25) is 4.79 Å². The average molecular weight is 252 g/mol. The summed E-state index contributed by atoms with van der Waals surface area (Å²) < 4.78 is 5.04. The zero-order valence-corrected chi connectivity index (χ0v) is 10.9. The highest BCUT2D eigenvalue weighted by Crippen LogP contribution is 2.18. The predicted octanol–water partition coefficient (Wildman–Crippen LogP) is 1.02. The summed E-state index contributed by atoms with van der Waals surface area (Å²) in [6.07, 6.45) is -0.558. The van der Waals surface area contributed by atoms with Crippen molar-refractivity contribution < 1.29 is 14.6 Å². The van der Waals surface area contributed by atoms with Crippen LogP contribution in [-0.4, -0.2) is 30.8 Å². The number of methoxy groups -OCH3 is 1. The van der Waals surface area contributed by atoms with Gasteiger partial charge in [0.2, 0.25) is 0 Å². The smallest absolute Gasteiger partial charge is 0.251 e. The minimum atomic E-state index is -0.558. The molecule has 18 heavy (non-hydrogen) atoms. The van der Waals surface area contributed by atoms with Crippen LogP contribution in [0.4, 0.5) is 5.69 Å². The number of hydrogen-bond acceptors (Lipinski definition) is 4. The van der Waals surface area contributed by atoms with Crippen molar-refractivity contribution >= 4 is 11.6 Å². The number of amides is 1. The maximum absolute atomic E-state index is 11.9. The van der Waals surface area contributed by atoms with Gasteiger partial charge in [-0.25, -0.2) is 0 Å². The van der Waals surface area contributed by atoms with E-state index < -0.39 is 6.10 Å². The standard InChI is InChI=1S/C13H20N2O3/c1-8(2)12(16)7-15-13(17)9-4-10(14)6-11(5-9)18-3/h4-6,8,12,16H,7,14H2,1-3H3,(H,15,17). The van der Waals surface area contributed by atoms with Gasteiger partial charge in [-0.2, -0.15) is 0 Å². The van der Waals surface area contributed by atoms with E-state index >= 15 is 0 Å². The summed E-state index contributed by atoms with van der Waals surface area (Å²) in [5.74, 6) is 0.352. The fourth-order valence-corrected chi connectivity index (χ4v) is 1.41. The van der Waals surface area contributed by atoms with Crippen LogP contribution in [0.3, 0.4) is 0 Å². The summed E-state index contributed by atoms with van der Waals surface area (Å²) in [5, 5.41) is 12.3. The largest absolute Gasteiger partial charge is 0.497 e. The number of rotatable bonds is 5. The van der Waals surface area contributed by atoms with Crippen molar-refractivity contribution in [2.75, 3.05) is 19.4 Å². The Morgan fingerprint density at radius 2 is 2.11 bits per heavy atom. The summed E-state index contributed by atoms with van der Waals surface area (Å²) in [6, 6.07) is 4.81. The van der Waals surface area contributed by atoms with E-state index in [1.807, 2.05) is 13.8 Å². The molecular formula is C13H20N2O3. The Labute approximate surface area is 107 Å². The number of anilines is 1. The molecule has 0 fully saturated rings. The molecule has 4 N–H and O–H groups in total. The lowest BCUT2D eigenvalue weighted by Gasteiger charge is -2.15. The number of aliphatic hydroxyl groups is 1. The number of nitrogens with one attached hydrogen (secondary N) is 1. The first-order valence-electron chi connectivity index (χ1n) is 5.85. The zero-order valence-electron chi connectivity index (χ0n) is 10.9. The number of hydrogen-bond donors (Lipinski definition) is 3. The van der Waals surface area contributed by atoms with Gasteiger partial charge in [0.25, 0.3) is 5.91 Å². The summed E-state index contributed by atoms with van der Waals surface area (Å²) in [6.45, 7) is 3.99. The van der Waals surface area contributed by atoms with E-state index in [0.29, 0.717) is 17.0 Å². The van der Waals surface area contributed by atoms with Crippen LogP contribution < -0.4 is 15.8 Å². The van der Waals surface area contributed by atoms with Gasteiger partial charge in [-0.15, -0.1) is 0 Å². The average Bonchev–Trinajstić information content (AvgIpc) is 2.34. The Kier molecular flexibility index (Phi) is 4.97. The van der Waals surface area contributed by atoms with Crippen LogP contribution in [-0.2, 0) is 0 Å². The summed E-state index contributed by atoms with van der Waals surface area (Å²) in [5.41, 5.74) is 6.55. The van der Waals surface area contributed by atoms with Crippen LogP contribution in [0.5, 0.6) is 5.75 Å². The third-order valence-corrected chi connectivity index (χ3v) is 2.67. The minimum absolute atomic E-state index is 0.0979. The molecule has 1 rings (SSSR count). The second-order valence-corrected chi connectivity index (χ2v) is 4.52. The highest BCUT2D eigenvalue weighted by Gasteiger charge is 2.13. The number of carbonyl (C=O) groups is 1. The van der Waals surface area contributed by atoms with Crippen molar-refractivity contribution in [1.82, 2.24) is 5.32 Å². The highest BCUT2D eigenvalue weighted by molar-refractivity contribution is 5.95. The molecule has 0 saturated heterocycles. The molecule has 1 atom stereocenters. The molecule has 5 heteroatoms. The number of carbonyl (C=O) groups excluding carboxylic acids is 1. The molecule has 0 aliphatic carbocycles. The van der Waals surface area contributed by atoms with Crippen LogP contribution >= 0.6 is 0 Å². The lowest BCUT2D eigenvalue weighted by Crippen LogP contribution is -2.34. The van der Waals surface area contributed by atoms with E-state index in [4.69, 9.17) is 10.5 Å². The molecular weight excluding hydrogens is 232 g/mol. The first kappa shape index (κ1) is 14.3. The van der Waals surface area contributed by atoms with Gasteiger partial charge in [0.05, 0.1) is 13.2 Å². The zero-order chi connectivity index (χ0) is 13.7. The lowest BCUT2D eigenvalue weighted by molar-refractivity contribution is 0.0871. The molecule has 5 nitrogen and oxygen atoms in total. The van der Waals surface area contributed by atoms with E-state index in [2.05, 4.69) is 5.32 Å². The molecule has 100 valence electrons. The third-order valence-electron chi connectivity index (χ3n) is 2.67. The molecule has 1 amide bonds. The maximum atomic E-state index is 11.9. The molecule has 1 unspecified atom stereocenters. The Morgan fingerprint density at radius 1 is 1.44 bits per heavy atom. The van der Waals surface area contributed by atoms with E-state index in [1.54, 1.807) is 18.2 Å². The highest BCUT2D eigenvalue weighted by atomic mass is 16.5. The summed E-state index contributed by atoms with van der Waals surface area (Å²) in [7, 11) is 1.51. The monoisotopic (exact) mass is 252 g/mol. The molecule has 0 bridgehead atoms. The summed E-state index contributed by atoms with van der Waals surface area (Å²) in [4.78, 5) is 11.9. The molecule has 0 aliphatic heterocycles. The second kappa shape index (κ2) is 6.26. The molecule has 0 aromatic heterocycles. The normalized spacial score (nSPS) is 12.3. The van der Waals surface area contributed by atoms with E-state index in [1.165, 1.54) is 7.11 Å². The minimum Gasteiger partial charge on any atom is -0.497 e. The predicted molar refractivity (Wildman–Crippen MR) is 70.6 cm³/mol. The van der Waals surface area contributed by atoms with Crippen molar-refractivity contribution in [1.29, 1.82) is 0 Å². The van der Waals surface area contributed by atoms with Crippen molar-refractivity contribution in [2.24, 2.45) is 5.92 Å². The van der Waals surface area contributed by atoms with Crippen molar-refractivity contribution in [2.45, 2.75) is 20.0 Å². The number of aliphatic hydroxyl groups excluding tert-OH is 1. The first-order chi connectivity index (χ1) is 8.43.